The molecule has 0 amide bonds. The molecule has 0 atom stereocenters. The van der Waals surface area contributed by atoms with Gasteiger partial charge in [-0.25, -0.2) is 0 Å². The molecule has 1 saturated carbocycles. The van der Waals surface area contributed by atoms with Crippen LogP contribution in [0.15, 0.2) is 60.7 Å². The normalized spacial score (nSPS) is 14.9. The molecule has 0 aliphatic heterocycles. The fourth-order valence-electron chi connectivity index (χ4n) is 2.90. The van der Waals surface area contributed by atoms with Gasteiger partial charge in [-0.3, -0.25) is 4.79 Å². The van der Waals surface area contributed by atoms with Crippen LogP contribution in [0.2, 0.25) is 0 Å². The highest BCUT2D eigenvalue weighted by Crippen LogP contribution is 2.24. The third-order valence-electron chi connectivity index (χ3n) is 4.16. The van der Waals surface area contributed by atoms with Crippen LogP contribution in [-0.2, 0) is 4.79 Å². The van der Waals surface area contributed by atoms with E-state index in [9.17, 15) is 9.90 Å². The predicted molar refractivity (Wildman–Crippen MR) is 93.4 cm³/mol. The predicted octanol–water partition coefficient (Wildman–Crippen LogP) is 4.18. The van der Waals surface area contributed by atoms with Crippen molar-refractivity contribution in [3.8, 4) is 0 Å². The number of benzene rings is 2. The smallest absolute Gasteiger partial charge is 0.315 e. The van der Waals surface area contributed by atoms with Crippen LogP contribution in [0.1, 0.15) is 49.1 Å². The van der Waals surface area contributed by atoms with Crippen molar-refractivity contribution in [2.45, 2.75) is 44.1 Å². The molecule has 0 radical (unpaired) electrons. The van der Waals surface area contributed by atoms with Gasteiger partial charge in [0.1, 0.15) is 5.92 Å². The van der Waals surface area contributed by atoms with Crippen molar-refractivity contribution in [2.24, 2.45) is 5.73 Å². The Morgan fingerprint density at radius 1 is 0.870 bits per heavy atom. The van der Waals surface area contributed by atoms with Gasteiger partial charge < -0.3 is 10.8 Å². The molecular formula is C20H25NO2. The Balaban J connectivity index is 0.000000229. The zero-order valence-electron chi connectivity index (χ0n) is 13.4. The molecule has 1 aliphatic carbocycles. The van der Waals surface area contributed by atoms with Crippen molar-refractivity contribution in [2.75, 3.05) is 0 Å². The van der Waals surface area contributed by atoms with Gasteiger partial charge >= 0.3 is 5.97 Å². The van der Waals surface area contributed by atoms with Crippen molar-refractivity contribution < 1.29 is 9.90 Å². The minimum Gasteiger partial charge on any atom is -0.481 e. The fraction of sp³-hybridized carbons (Fsp3) is 0.350. The molecule has 2 aromatic rings. The molecule has 3 nitrogen and oxygen atoms in total. The molecule has 2 aromatic carbocycles. The van der Waals surface area contributed by atoms with Crippen LogP contribution in [0.3, 0.4) is 0 Å². The number of nitrogens with two attached hydrogens (primary N) is 1. The summed E-state index contributed by atoms with van der Waals surface area (Å²) in [5.41, 5.74) is 7.25. The second-order valence-corrected chi connectivity index (χ2v) is 5.99. The number of carboxylic acid groups (broad SMARTS) is 1. The summed E-state index contributed by atoms with van der Waals surface area (Å²) in [5, 5.41) is 9.28. The molecule has 3 rings (SSSR count). The van der Waals surface area contributed by atoms with Gasteiger partial charge in [-0.05, 0) is 24.0 Å². The lowest BCUT2D eigenvalue weighted by molar-refractivity contribution is -0.137. The number of carbonyl (C=O) groups is 1. The molecule has 0 saturated heterocycles. The van der Waals surface area contributed by atoms with E-state index in [-0.39, 0.29) is 0 Å². The van der Waals surface area contributed by atoms with E-state index in [0.29, 0.717) is 6.04 Å². The van der Waals surface area contributed by atoms with E-state index in [2.05, 4.69) is 0 Å². The van der Waals surface area contributed by atoms with E-state index in [4.69, 9.17) is 5.73 Å². The SMILES string of the molecule is NC1CCCCC1.O=C(O)C(c1ccccc1)c1ccccc1. The summed E-state index contributed by atoms with van der Waals surface area (Å²) >= 11 is 0. The van der Waals surface area contributed by atoms with E-state index >= 15 is 0 Å². The minimum absolute atomic E-state index is 0.536. The molecule has 23 heavy (non-hydrogen) atoms. The number of aliphatic carboxylic acids is 1. The number of carboxylic acids is 1. The van der Waals surface area contributed by atoms with Gasteiger partial charge in [0.05, 0.1) is 0 Å². The van der Waals surface area contributed by atoms with E-state index < -0.39 is 11.9 Å². The summed E-state index contributed by atoms with van der Waals surface area (Å²) in [6.07, 6.45) is 6.66. The van der Waals surface area contributed by atoms with Gasteiger partial charge in [0.2, 0.25) is 0 Å². The summed E-state index contributed by atoms with van der Waals surface area (Å²) in [5.74, 6) is -1.40. The topological polar surface area (TPSA) is 63.3 Å². The molecule has 0 spiro atoms. The second-order valence-electron chi connectivity index (χ2n) is 5.99. The quantitative estimate of drug-likeness (QED) is 0.893. The molecule has 1 fully saturated rings. The lowest BCUT2D eigenvalue weighted by Gasteiger charge is -2.15. The lowest BCUT2D eigenvalue weighted by Crippen LogP contribution is -2.22. The highest BCUT2D eigenvalue weighted by Gasteiger charge is 2.21. The van der Waals surface area contributed by atoms with Crippen molar-refractivity contribution in [1.29, 1.82) is 0 Å². The zero-order chi connectivity index (χ0) is 16.5. The summed E-state index contributed by atoms with van der Waals surface area (Å²) in [6, 6.07) is 19.1. The number of rotatable bonds is 3. The van der Waals surface area contributed by atoms with Crippen LogP contribution >= 0.6 is 0 Å². The first-order chi connectivity index (χ1) is 11.2. The maximum atomic E-state index is 11.3. The standard InChI is InChI=1S/C14H12O2.C6H13N/c15-14(16)13(11-7-3-1-4-8-11)12-9-5-2-6-10-12;7-6-4-2-1-3-5-6/h1-10,13H,(H,15,16);6H,1-5,7H2. The van der Waals surface area contributed by atoms with Gasteiger partial charge in [0, 0.05) is 6.04 Å². The summed E-state index contributed by atoms with van der Waals surface area (Å²) < 4.78 is 0. The zero-order valence-corrected chi connectivity index (χ0v) is 13.4. The average molecular weight is 311 g/mol. The molecule has 0 heterocycles. The Morgan fingerprint density at radius 2 is 1.30 bits per heavy atom. The molecule has 122 valence electrons. The van der Waals surface area contributed by atoms with Crippen molar-refractivity contribution in [3.05, 3.63) is 71.8 Å². The van der Waals surface area contributed by atoms with E-state index in [0.717, 1.165) is 11.1 Å². The number of hydrogen-bond acceptors (Lipinski definition) is 2. The Kier molecular flexibility index (Phi) is 6.82. The van der Waals surface area contributed by atoms with Gasteiger partial charge in [-0.15, -0.1) is 0 Å². The van der Waals surface area contributed by atoms with Crippen LogP contribution in [-0.4, -0.2) is 17.1 Å². The van der Waals surface area contributed by atoms with E-state index in [1.54, 1.807) is 0 Å². The van der Waals surface area contributed by atoms with Crippen LogP contribution in [0.4, 0.5) is 0 Å². The third kappa shape index (κ3) is 5.53. The highest BCUT2D eigenvalue weighted by atomic mass is 16.4. The first-order valence-electron chi connectivity index (χ1n) is 8.26. The van der Waals surface area contributed by atoms with Crippen molar-refractivity contribution in [3.63, 3.8) is 0 Å². The van der Waals surface area contributed by atoms with Gasteiger partial charge in [-0.1, -0.05) is 79.9 Å². The second kappa shape index (κ2) is 9.11. The van der Waals surface area contributed by atoms with Crippen molar-refractivity contribution in [1.82, 2.24) is 0 Å². The van der Waals surface area contributed by atoms with Gasteiger partial charge in [0.15, 0.2) is 0 Å². The third-order valence-corrected chi connectivity index (χ3v) is 4.16. The lowest BCUT2D eigenvalue weighted by atomic mass is 9.92. The summed E-state index contributed by atoms with van der Waals surface area (Å²) in [6.45, 7) is 0. The van der Waals surface area contributed by atoms with Crippen LogP contribution < -0.4 is 5.73 Å². The maximum absolute atomic E-state index is 11.3. The molecule has 3 N–H and O–H groups in total. The van der Waals surface area contributed by atoms with Crippen LogP contribution in [0, 0.1) is 0 Å². The van der Waals surface area contributed by atoms with Gasteiger partial charge in [0.25, 0.3) is 0 Å². The molecule has 1 aliphatic rings. The van der Waals surface area contributed by atoms with Crippen LogP contribution in [0.5, 0.6) is 0 Å². The summed E-state index contributed by atoms with van der Waals surface area (Å²) in [4.78, 5) is 11.3. The van der Waals surface area contributed by atoms with Gasteiger partial charge in [-0.2, -0.15) is 0 Å². The minimum atomic E-state index is -0.822. The monoisotopic (exact) mass is 311 g/mol. The maximum Gasteiger partial charge on any atom is 0.315 e. The summed E-state index contributed by atoms with van der Waals surface area (Å²) in [7, 11) is 0. The molecule has 0 aromatic heterocycles. The van der Waals surface area contributed by atoms with Crippen molar-refractivity contribution >= 4 is 5.97 Å². The average Bonchev–Trinajstić information content (AvgIpc) is 2.58. The first kappa shape index (κ1) is 17.2. The molecule has 0 bridgehead atoms. The Hall–Kier alpha value is -2.13. The molecular weight excluding hydrogens is 286 g/mol. The molecule has 3 heteroatoms. The van der Waals surface area contributed by atoms with E-state index in [1.165, 1.54) is 32.1 Å². The Morgan fingerprint density at radius 3 is 1.61 bits per heavy atom. The Bertz CT molecular complexity index is 538. The molecule has 0 unspecified atom stereocenters. The first-order valence-corrected chi connectivity index (χ1v) is 8.26. The van der Waals surface area contributed by atoms with E-state index in [1.807, 2.05) is 60.7 Å². The fourth-order valence-corrected chi connectivity index (χ4v) is 2.90. The largest absolute Gasteiger partial charge is 0.481 e. The highest BCUT2D eigenvalue weighted by molar-refractivity contribution is 5.80. The van der Waals surface area contributed by atoms with Crippen LogP contribution in [0.25, 0.3) is 0 Å². The Labute approximate surface area is 138 Å². The number of hydrogen-bond donors (Lipinski definition) is 2.